The Morgan fingerprint density at radius 1 is 0.880 bits per heavy atom. The lowest BCUT2D eigenvalue weighted by Gasteiger charge is -2.12. The molecule has 2 aromatic carbocycles. The molecule has 0 saturated heterocycles. The summed E-state index contributed by atoms with van der Waals surface area (Å²) in [6.07, 6.45) is 0. The van der Waals surface area contributed by atoms with E-state index in [1.807, 2.05) is 31.2 Å². The van der Waals surface area contributed by atoms with Crippen molar-refractivity contribution in [3.8, 4) is 6.07 Å². The van der Waals surface area contributed by atoms with Crippen molar-refractivity contribution in [3.05, 3.63) is 71.0 Å². The second-order valence-electron chi connectivity index (χ2n) is 5.95. The third-order valence-corrected chi connectivity index (χ3v) is 3.75. The number of anilines is 4. The molecule has 5 nitrogen and oxygen atoms in total. The second-order valence-corrected chi connectivity index (χ2v) is 5.95. The van der Waals surface area contributed by atoms with Crippen LogP contribution in [0.2, 0.25) is 0 Å². The number of benzene rings is 2. The molecule has 0 aliphatic rings. The van der Waals surface area contributed by atoms with Crippen LogP contribution in [0.5, 0.6) is 0 Å². The largest absolute Gasteiger partial charge is 0.340 e. The minimum atomic E-state index is 0.601. The van der Waals surface area contributed by atoms with Crippen molar-refractivity contribution in [1.82, 2.24) is 9.97 Å². The average Bonchev–Trinajstić information content (AvgIpc) is 2.57. The standard InChI is InChI=1S/C20H19N5/c1-13-7-8-18(14(2)9-13)25-20-11-19(22-15(3)23-20)24-17-6-4-5-16(10-17)12-21/h4-11H,1-3H3,(H2,22,23,24,25). The first-order valence-corrected chi connectivity index (χ1v) is 8.00. The Labute approximate surface area is 147 Å². The monoisotopic (exact) mass is 329 g/mol. The summed E-state index contributed by atoms with van der Waals surface area (Å²) >= 11 is 0. The number of nitrogens with one attached hydrogen (secondary N) is 2. The third kappa shape index (κ3) is 4.12. The quantitative estimate of drug-likeness (QED) is 0.722. The molecule has 0 aliphatic carbocycles. The van der Waals surface area contributed by atoms with E-state index in [4.69, 9.17) is 5.26 Å². The van der Waals surface area contributed by atoms with Crippen LogP contribution >= 0.6 is 0 Å². The van der Waals surface area contributed by atoms with Crippen LogP contribution in [0.15, 0.2) is 48.5 Å². The van der Waals surface area contributed by atoms with E-state index in [9.17, 15) is 0 Å². The van der Waals surface area contributed by atoms with Crippen LogP contribution in [-0.2, 0) is 0 Å². The average molecular weight is 329 g/mol. The molecule has 0 aliphatic heterocycles. The van der Waals surface area contributed by atoms with Gasteiger partial charge < -0.3 is 10.6 Å². The molecular formula is C20H19N5. The van der Waals surface area contributed by atoms with Crippen molar-refractivity contribution in [3.63, 3.8) is 0 Å². The van der Waals surface area contributed by atoms with Crippen LogP contribution in [-0.4, -0.2) is 9.97 Å². The molecule has 0 fully saturated rings. The van der Waals surface area contributed by atoms with Gasteiger partial charge in [0.05, 0.1) is 11.6 Å². The summed E-state index contributed by atoms with van der Waals surface area (Å²) in [5, 5.41) is 15.6. The van der Waals surface area contributed by atoms with Gasteiger partial charge in [-0.1, -0.05) is 23.8 Å². The van der Waals surface area contributed by atoms with Crippen molar-refractivity contribution in [2.24, 2.45) is 0 Å². The maximum Gasteiger partial charge on any atom is 0.136 e. The van der Waals surface area contributed by atoms with E-state index in [-0.39, 0.29) is 0 Å². The van der Waals surface area contributed by atoms with Crippen molar-refractivity contribution >= 4 is 23.0 Å². The van der Waals surface area contributed by atoms with E-state index in [0.29, 0.717) is 17.2 Å². The molecule has 124 valence electrons. The Morgan fingerprint density at radius 3 is 2.36 bits per heavy atom. The van der Waals surface area contributed by atoms with Gasteiger partial charge >= 0.3 is 0 Å². The number of hydrogen-bond donors (Lipinski definition) is 2. The SMILES string of the molecule is Cc1ccc(Nc2cc(Nc3cccc(C#N)c3)nc(C)n2)c(C)c1. The molecule has 0 saturated carbocycles. The van der Waals surface area contributed by atoms with E-state index in [1.54, 1.807) is 12.1 Å². The smallest absolute Gasteiger partial charge is 0.136 e. The molecule has 1 aromatic heterocycles. The molecule has 0 radical (unpaired) electrons. The molecule has 0 unspecified atom stereocenters. The highest BCUT2D eigenvalue weighted by atomic mass is 15.1. The van der Waals surface area contributed by atoms with Gasteiger partial charge in [-0.2, -0.15) is 5.26 Å². The first kappa shape index (κ1) is 16.5. The Balaban J connectivity index is 1.86. The predicted molar refractivity (Wildman–Crippen MR) is 100 cm³/mol. The number of hydrogen-bond acceptors (Lipinski definition) is 5. The molecule has 0 bridgehead atoms. The summed E-state index contributed by atoms with van der Waals surface area (Å²) in [4.78, 5) is 8.87. The third-order valence-electron chi connectivity index (χ3n) is 3.75. The van der Waals surface area contributed by atoms with E-state index < -0.39 is 0 Å². The summed E-state index contributed by atoms with van der Waals surface area (Å²) in [6, 6.07) is 17.5. The number of nitriles is 1. The van der Waals surface area contributed by atoms with Gasteiger partial charge in [0.25, 0.3) is 0 Å². The highest BCUT2D eigenvalue weighted by Crippen LogP contribution is 2.23. The molecule has 3 aromatic rings. The maximum absolute atomic E-state index is 9.01. The molecule has 25 heavy (non-hydrogen) atoms. The lowest BCUT2D eigenvalue weighted by Crippen LogP contribution is -2.02. The van der Waals surface area contributed by atoms with Crippen molar-refractivity contribution in [2.45, 2.75) is 20.8 Å². The van der Waals surface area contributed by atoms with E-state index in [1.165, 1.54) is 5.56 Å². The summed E-state index contributed by atoms with van der Waals surface area (Å²) in [5.41, 5.74) is 4.81. The number of aryl methyl sites for hydroxylation is 3. The summed E-state index contributed by atoms with van der Waals surface area (Å²) in [5.74, 6) is 2.06. The molecule has 3 rings (SSSR count). The molecule has 0 amide bonds. The number of aromatic nitrogens is 2. The molecule has 1 heterocycles. The Morgan fingerprint density at radius 2 is 1.64 bits per heavy atom. The second kappa shape index (κ2) is 7.02. The van der Waals surface area contributed by atoms with Gasteiger partial charge in [0.2, 0.25) is 0 Å². The normalized spacial score (nSPS) is 10.2. The molecule has 0 atom stereocenters. The van der Waals surface area contributed by atoms with Gasteiger partial charge in [0, 0.05) is 17.4 Å². The van der Waals surface area contributed by atoms with Gasteiger partial charge in [-0.3, -0.25) is 0 Å². The summed E-state index contributed by atoms with van der Waals surface area (Å²) in [7, 11) is 0. The highest BCUT2D eigenvalue weighted by molar-refractivity contribution is 5.65. The fourth-order valence-corrected chi connectivity index (χ4v) is 2.60. The van der Waals surface area contributed by atoms with Crippen molar-refractivity contribution in [1.29, 1.82) is 5.26 Å². The zero-order valence-electron chi connectivity index (χ0n) is 14.5. The summed E-state index contributed by atoms with van der Waals surface area (Å²) < 4.78 is 0. The van der Waals surface area contributed by atoms with E-state index in [0.717, 1.165) is 22.8 Å². The summed E-state index contributed by atoms with van der Waals surface area (Å²) in [6.45, 7) is 5.99. The topological polar surface area (TPSA) is 73.6 Å². The van der Waals surface area contributed by atoms with Crippen LogP contribution in [0.4, 0.5) is 23.0 Å². The Hall–Kier alpha value is -3.39. The zero-order chi connectivity index (χ0) is 17.8. The van der Waals surface area contributed by atoms with Crippen LogP contribution in [0.3, 0.4) is 0 Å². The molecule has 5 heteroatoms. The minimum Gasteiger partial charge on any atom is -0.340 e. The number of nitrogens with zero attached hydrogens (tertiary/aromatic N) is 3. The van der Waals surface area contributed by atoms with Crippen LogP contribution < -0.4 is 10.6 Å². The maximum atomic E-state index is 9.01. The van der Waals surface area contributed by atoms with E-state index in [2.05, 4.69) is 52.7 Å². The fourth-order valence-electron chi connectivity index (χ4n) is 2.60. The van der Waals surface area contributed by atoms with Gasteiger partial charge in [-0.05, 0) is 50.6 Å². The Bertz CT molecular complexity index is 957. The van der Waals surface area contributed by atoms with Crippen molar-refractivity contribution in [2.75, 3.05) is 10.6 Å². The molecular weight excluding hydrogens is 310 g/mol. The van der Waals surface area contributed by atoms with Gasteiger partial charge in [-0.15, -0.1) is 0 Å². The highest BCUT2D eigenvalue weighted by Gasteiger charge is 2.05. The molecule has 2 N–H and O–H groups in total. The van der Waals surface area contributed by atoms with Gasteiger partial charge in [-0.25, -0.2) is 9.97 Å². The number of rotatable bonds is 4. The van der Waals surface area contributed by atoms with Gasteiger partial charge in [0.1, 0.15) is 17.5 Å². The van der Waals surface area contributed by atoms with Crippen LogP contribution in [0.25, 0.3) is 0 Å². The van der Waals surface area contributed by atoms with Crippen molar-refractivity contribution < 1.29 is 0 Å². The Kier molecular flexibility index (Phi) is 4.62. The predicted octanol–water partition coefficient (Wildman–Crippen LogP) is 4.76. The first-order chi connectivity index (χ1) is 12.0. The van der Waals surface area contributed by atoms with Crippen LogP contribution in [0, 0.1) is 32.1 Å². The van der Waals surface area contributed by atoms with Crippen LogP contribution in [0.1, 0.15) is 22.5 Å². The van der Waals surface area contributed by atoms with E-state index >= 15 is 0 Å². The first-order valence-electron chi connectivity index (χ1n) is 8.00. The molecule has 0 spiro atoms. The minimum absolute atomic E-state index is 0.601. The fraction of sp³-hybridized carbons (Fsp3) is 0.150. The lowest BCUT2D eigenvalue weighted by molar-refractivity contribution is 1.06. The lowest BCUT2D eigenvalue weighted by atomic mass is 10.1. The zero-order valence-corrected chi connectivity index (χ0v) is 14.5. The van der Waals surface area contributed by atoms with Gasteiger partial charge in [0.15, 0.2) is 0 Å².